The summed E-state index contributed by atoms with van der Waals surface area (Å²) in [5, 5.41) is 8.27. The maximum absolute atomic E-state index is 12.1. The van der Waals surface area contributed by atoms with Crippen molar-refractivity contribution >= 4 is 5.69 Å². The number of halogens is 3. The molecule has 17 heavy (non-hydrogen) atoms. The van der Waals surface area contributed by atoms with Crippen LogP contribution in [-0.4, -0.2) is 6.36 Å². The van der Waals surface area contributed by atoms with Gasteiger partial charge in [-0.05, 0) is 18.2 Å². The third-order valence-corrected chi connectivity index (χ3v) is 1.62. The highest BCUT2D eigenvalue weighted by atomic mass is 19.4. The number of nitrogens with zero attached hydrogens (tertiary/aromatic N) is 1. The Morgan fingerprint density at radius 1 is 1.35 bits per heavy atom. The monoisotopic (exact) mass is 240 g/mol. The first-order valence-corrected chi connectivity index (χ1v) is 4.43. The van der Waals surface area contributed by atoms with Crippen LogP contribution in [0.25, 0.3) is 0 Å². The van der Waals surface area contributed by atoms with E-state index >= 15 is 0 Å². The van der Waals surface area contributed by atoms with E-state index in [0.29, 0.717) is 0 Å². The van der Waals surface area contributed by atoms with Crippen LogP contribution < -0.4 is 10.5 Å². The molecule has 2 N–H and O–H groups in total. The molecule has 6 heteroatoms. The minimum absolute atomic E-state index is 0.00225. The summed E-state index contributed by atoms with van der Waals surface area (Å²) in [6.07, 6.45) is -4.87. The third kappa shape index (κ3) is 4.35. The van der Waals surface area contributed by atoms with Gasteiger partial charge in [-0.1, -0.05) is 11.8 Å². The first kappa shape index (κ1) is 12.7. The molecular formula is C11H7F3N2O. The Labute approximate surface area is 95.6 Å². The summed E-state index contributed by atoms with van der Waals surface area (Å²) in [5.41, 5.74) is 5.69. The van der Waals surface area contributed by atoms with E-state index in [-0.39, 0.29) is 17.7 Å². The maximum atomic E-state index is 12.1. The van der Waals surface area contributed by atoms with Crippen molar-refractivity contribution in [1.82, 2.24) is 0 Å². The molecule has 1 aromatic carbocycles. The van der Waals surface area contributed by atoms with Crippen LogP contribution in [0.3, 0.4) is 0 Å². The molecule has 0 fully saturated rings. The number of ether oxygens (including phenoxy) is 1. The van der Waals surface area contributed by atoms with Gasteiger partial charge in [0.05, 0.1) is 18.1 Å². The van der Waals surface area contributed by atoms with Crippen LogP contribution in [-0.2, 0) is 0 Å². The van der Waals surface area contributed by atoms with Crippen molar-refractivity contribution in [1.29, 1.82) is 5.26 Å². The zero-order chi connectivity index (χ0) is 12.9. The molecule has 0 saturated heterocycles. The van der Waals surface area contributed by atoms with Crippen molar-refractivity contribution < 1.29 is 17.9 Å². The highest BCUT2D eigenvalue weighted by Gasteiger charge is 2.31. The van der Waals surface area contributed by atoms with Crippen LogP contribution in [0, 0.1) is 23.2 Å². The first-order chi connectivity index (χ1) is 7.92. The van der Waals surface area contributed by atoms with Gasteiger partial charge in [0, 0.05) is 5.69 Å². The molecule has 1 rings (SSSR count). The summed E-state index contributed by atoms with van der Waals surface area (Å²) in [6, 6.07) is 5.36. The van der Waals surface area contributed by atoms with Gasteiger partial charge in [0.15, 0.2) is 0 Å². The predicted octanol–water partition coefficient (Wildman–Crippen LogP) is 2.43. The van der Waals surface area contributed by atoms with Gasteiger partial charge >= 0.3 is 6.36 Å². The van der Waals surface area contributed by atoms with E-state index in [1.807, 2.05) is 0 Å². The lowest BCUT2D eigenvalue weighted by molar-refractivity contribution is -0.274. The van der Waals surface area contributed by atoms with Gasteiger partial charge in [0.25, 0.3) is 0 Å². The van der Waals surface area contributed by atoms with E-state index < -0.39 is 12.1 Å². The fourth-order valence-electron chi connectivity index (χ4n) is 1.04. The van der Waals surface area contributed by atoms with Gasteiger partial charge in [-0.3, -0.25) is 0 Å². The summed E-state index contributed by atoms with van der Waals surface area (Å²) in [5.74, 6) is 4.36. The van der Waals surface area contributed by atoms with Crippen molar-refractivity contribution in [3.63, 3.8) is 0 Å². The minimum Gasteiger partial charge on any atom is -0.404 e. The molecule has 1 aromatic rings. The normalized spacial score (nSPS) is 10.0. The molecule has 3 nitrogen and oxygen atoms in total. The number of benzene rings is 1. The Balaban J connectivity index is 3.06. The molecule has 0 amide bonds. The number of nitriles is 1. The number of nitrogen functional groups attached to an aromatic ring is 1. The molecule has 0 aliphatic carbocycles. The quantitative estimate of drug-likeness (QED) is 0.605. The van der Waals surface area contributed by atoms with Crippen molar-refractivity contribution in [2.75, 3.05) is 5.73 Å². The summed E-state index contributed by atoms with van der Waals surface area (Å²) in [4.78, 5) is 0. The molecule has 0 aliphatic rings. The Morgan fingerprint density at radius 3 is 2.65 bits per heavy atom. The highest BCUT2D eigenvalue weighted by Crippen LogP contribution is 2.27. The maximum Gasteiger partial charge on any atom is 0.573 e. The molecule has 0 bridgehead atoms. The van der Waals surface area contributed by atoms with E-state index in [1.54, 1.807) is 6.07 Å². The lowest BCUT2D eigenvalue weighted by Gasteiger charge is -2.10. The van der Waals surface area contributed by atoms with Crippen LogP contribution in [0.2, 0.25) is 0 Å². The average molecular weight is 240 g/mol. The molecule has 0 spiro atoms. The standard InChI is InChI=1S/C11H7F3N2O/c12-11(13,14)17-10-5-4-9(16)7-8(10)3-1-2-6-15/h4-5,7H,2,16H2. The van der Waals surface area contributed by atoms with E-state index in [2.05, 4.69) is 16.6 Å². The molecular weight excluding hydrogens is 233 g/mol. The Morgan fingerprint density at radius 2 is 2.06 bits per heavy atom. The van der Waals surface area contributed by atoms with E-state index in [0.717, 1.165) is 6.07 Å². The molecule has 0 aliphatic heterocycles. The number of nitrogens with two attached hydrogens (primary N) is 1. The van der Waals surface area contributed by atoms with Crippen molar-refractivity contribution in [2.24, 2.45) is 0 Å². The lowest BCUT2D eigenvalue weighted by atomic mass is 10.2. The number of anilines is 1. The predicted molar refractivity (Wildman–Crippen MR) is 54.6 cm³/mol. The minimum atomic E-state index is -4.79. The zero-order valence-corrected chi connectivity index (χ0v) is 8.51. The Bertz CT molecular complexity index is 506. The first-order valence-electron chi connectivity index (χ1n) is 4.43. The van der Waals surface area contributed by atoms with Crippen LogP contribution in [0.5, 0.6) is 5.75 Å². The van der Waals surface area contributed by atoms with Gasteiger partial charge in [0.2, 0.25) is 0 Å². The van der Waals surface area contributed by atoms with Crippen molar-refractivity contribution in [3.8, 4) is 23.7 Å². The fourth-order valence-corrected chi connectivity index (χ4v) is 1.04. The molecule has 88 valence electrons. The van der Waals surface area contributed by atoms with E-state index in [4.69, 9.17) is 11.0 Å². The second-order valence-corrected chi connectivity index (χ2v) is 2.94. The number of rotatable bonds is 1. The smallest absolute Gasteiger partial charge is 0.404 e. The van der Waals surface area contributed by atoms with Gasteiger partial charge < -0.3 is 10.5 Å². The second kappa shape index (κ2) is 5.13. The lowest BCUT2D eigenvalue weighted by Crippen LogP contribution is -2.17. The van der Waals surface area contributed by atoms with Crippen LogP contribution in [0.4, 0.5) is 18.9 Å². The van der Waals surface area contributed by atoms with E-state index in [9.17, 15) is 13.2 Å². The molecule has 0 heterocycles. The average Bonchev–Trinajstić information content (AvgIpc) is 2.20. The number of alkyl halides is 3. The summed E-state index contributed by atoms with van der Waals surface area (Å²) >= 11 is 0. The van der Waals surface area contributed by atoms with E-state index in [1.165, 1.54) is 12.1 Å². The highest BCUT2D eigenvalue weighted by molar-refractivity contribution is 5.55. The van der Waals surface area contributed by atoms with Gasteiger partial charge in [-0.25, -0.2) is 0 Å². The van der Waals surface area contributed by atoms with Gasteiger partial charge in [-0.2, -0.15) is 5.26 Å². The third-order valence-electron chi connectivity index (χ3n) is 1.62. The largest absolute Gasteiger partial charge is 0.573 e. The Hall–Kier alpha value is -2.34. The van der Waals surface area contributed by atoms with Gasteiger partial charge in [0.1, 0.15) is 5.75 Å². The van der Waals surface area contributed by atoms with Gasteiger partial charge in [-0.15, -0.1) is 13.2 Å². The molecule has 0 atom stereocenters. The summed E-state index contributed by atoms with van der Waals surface area (Å²) < 4.78 is 39.9. The molecule has 0 saturated carbocycles. The SMILES string of the molecule is N#CCC#Cc1cc(N)ccc1OC(F)(F)F. The molecule has 0 unspecified atom stereocenters. The number of hydrogen-bond acceptors (Lipinski definition) is 3. The van der Waals surface area contributed by atoms with Crippen molar-refractivity contribution in [2.45, 2.75) is 12.8 Å². The summed E-state index contributed by atoms with van der Waals surface area (Å²) in [7, 11) is 0. The molecule has 0 radical (unpaired) electrons. The van der Waals surface area contributed by atoms with Crippen LogP contribution in [0.15, 0.2) is 18.2 Å². The second-order valence-electron chi connectivity index (χ2n) is 2.94. The van der Waals surface area contributed by atoms with Crippen LogP contribution >= 0.6 is 0 Å². The van der Waals surface area contributed by atoms with Crippen LogP contribution in [0.1, 0.15) is 12.0 Å². The Kier molecular flexibility index (Phi) is 3.84. The number of hydrogen-bond donors (Lipinski definition) is 1. The fraction of sp³-hybridized carbons (Fsp3) is 0.182. The van der Waals surface area contributed by atoms with Crippen molar-refractivity contribution in [3.05, 3.63) is 23.8 Å². The molecule has 0 aromatic heterocycles. The zero-order valence-electron chi connectivity index (χ0n) is 8.51. The topological polar surface area (TPSA) is 59.0 Å². The summed E-state index contributed by atoms with van der Waals surface area (Å²) in [6.45, 7) is 0.